The highest BCUT2D eigenvalue weighted by Crippen LogP contribution is 2.31. The first kappa shape index (κ1) is 25.2. The van der Waals surface area contributed by atoms with E-state index in [1.807, 2.05) is 12.1 Å². The molecule has 5 aromatic rings. The van der Waals surface area contributed by atoms with E-state index in [1.54, 1.807) is 31.7 Å². The van der Waals surface area contributed by atoms with E-state index < -0.39 is 11.9 Å². The summed E-state index contributed by atoms with van der Waals surface area (Å²) in [6.45, 7) is 0. The summed E-state index contributed by atoms with van der Waals surface area (Å²) in [5, 5.41) is 6.04. The van der Waals surface area contributed by atoms with E-state index in [0.717, 1.165) is 17.3 Å². The van der Waals surface area contributed by atoms with Crippen LogP contribution in [0.2, 0.25) is 0 Å². The molecule has 1 aromatic carbocycles. The van der Waals surface area contributed by atoms with Gasteiger partial charge in [-0.15, -0.1) is 0 Å². The Balaban J connectivity index is 0.000000225. The number of hydrogen-bond acceptors (Lipinski definition) is 8. The van der Waals surface area contributed by atoms with Crippen molar-refractivity contribution >= 4 is 34.6 Å². The van der Waals surface area contributed by atoms with Crippen LogP contribution in [0.3, 0.4) is 0 Å². The van der Waals surface area contributed by atoms with Crippen LogP contribution >= 0.6 is 0 Å². The maximum Gasteiger partial charge on any atom is 0.433 e. The van der Waals surface area contributed by atoms with Crippen LogP contribution in [-0.4, -0.2) is 43.2 Å². The average molecular weight is 510 g/mol. The Bertz CT molecular complexity index is 1540. The standard InChI is InChI=1S/C17H14FN7.C7H4F3NO/c1-19-13-7-10(4-5-12(13)18)25-16-11(3-2-6-20-16)14-15-17(23-8-21-14)24-9-22-15;8-7(9,10)6-3-5(4-12)1-2-11-6/h2-9,19H,1H3,(H,20,25)(H,21,22,23,24);1-4H. The molecule has 4 aromatic heterocycles. The average Bonchev–Trinajstić information content (AvgIpc) is 3.39. The Morgan fingerprint density at radius 3 is 2.57 bits per heavy atom. The highest BCUT2D eigenvalue weighted by Gasteiger charge is 2.32. The van der Waals surface area contributed by atoms with Gasteiger partial charge in [-0.05, 0) is 42.5 Å². The van der Waals surface area contributed by atoms with Crippen molar-refractivity contribution < 1.29 is 22.4 Å². The lowest BCUT2D eigenvalue weighted by Gasteiger charge is -2.12. The summed E-state index contributed by atoms with van der Waals surface area (Å²) in [5.74, 6) is 0.287. The number of halogens is 4. The molecule has 0 spiro atoms. The van der Waals surface area contributed by atoms with Gasteiger partial charge in [0.15, 0.2) is 5.65 Å². The minimum atomic E-state index is -4.49. The van der Waals surface area contributed by atoms with Crippen LogP contribution in [0, 0.1) is 5.82 Å². The normalized spacial score (nSPS) is 10.9. The monoisotopic (exact) mass is 510 g/mol. The molecule has 0 saturated carbocycles. The molecule has 3 N–H and O–H groups in total. The highest BCUT2D eigenvalue weighted by atomic mass is 19.4. The van der Waals surface area contributed by atoms with Crippen LogP contribution in [0.1, 0.15) is 16.1 Å². The molecule has 0 aliphatic heterocycles. The number of pyridine rings is 2. The Hall–Kier alpha value is -4.94. The van der Waals surface area contributed by atoms with Crippen LogP contribution in [0.25, 0.3) is 22.4 Å². The number of carbonyl (C=O) groups excluding carboxylic acids is 1. The molecule has 37 heavy (non-hydrogen) atoms. The minimum absolute atomic E-state index is 0.0303. The van der Waals surface area contributed by atoms with E-state index in [0.29, 0.717) is 40.9 Å². The molecule has 188 valence electrons. The van der Waals surface area contributed by atoms with Crippen molar-refractivity contribution in [2.45, 2.75) is 6.18 Å². The summed E-state index contributed by atoms with van der Waals surface area (Å²) in [7, 11) is 1.67. The molecule has 5 rings (SSSR count). The first-order valence-corrected chi connectivity index (χ1v) is 10.6. The largest absolute Gasteiger partial charge is 0.433 e. The zero-order valence-corrected chi connectivity index (χ0v) is 19.1. The number of hydrogen-bond donors (Lipinski definition) is 3. The van der Waals surface area contributed by atoms with Gasteiger partial charge < -0.3 is 15.6 Å². The molecule has 0 bridgehead atoms. The number of H-pyrrole nitrogens is 1. The molecule has 0 radical (unpaired) electrons. The Labute approximate surface area is 207 Å². The van der Waals surface area contributed by atoms with Gasteiger partial charge in [0.25, 0.3) is 0 Å². The van der Waals surface area contributed by atoms with Gasteiger partial charge in [0.1, 0.15) is 41.2 Å². The predicted octanol–water partition coefficient (Wildman–Crippen LogP) is 5.25. The van der Waals surface area contributed by atoms with E-state index in [4.69, 9.17) is 0 Å². The summed E-state index contributed by atoms with van der Waals surface area (Å²) < 4.78 is 49.4. The van der Waals surface area contributed by atoms with Crippen molar-refractivity contribution in [3.8, 4) is 11.3 Å². The molecule has 13 heteroatoms. The second-order valence-corrected chi connectivity index (χ2v) is 7.38. The van der Waals surface area contributed by atoms with Crippen LogP contribution in [0.15, 0.2) is 67.5 Å². The van der Waals surface area contributed by atoms with Gasteiger partial charge in [-0.1, -0.05) is 0 Å². The van der Waals surface area contributed by atoms with Crippen LogP contribution < -0.4 is 10.6 Å². The number of anilines is 3. The smallest absolute Gasteiger partial charge is 0.386 e. The number of fused-ring (bicyclic) bond motifs is 1. The highest BCUT2D eigenvalue weighted by molar-refractivity contribution is 5.91. The molecular weight excluding hydrogens is 492 g/mol. The third-order valence-electron chi connectivity index (χ3n) is 4.99. The van der Waals surface area contributed by atoms with Gasteiger partial charge in [0.05, 0.1) is 12.0 Å². The number of nitrogens with one attached hydrogen (secondary N) is 3. The number of imidazole rings is 1. The van der Waals surface area contributed by atoms with Gasteiger partial charge in [-0.3, -0.25) is 9.78 Å². The summed E-state index contributed by atoms with van der Waals surface area (Å²) in [6.07, 6.45) is 1.53. The van der Waals surface area contributed by atoms with Crippen molar-refractivity contribution in [3.63, 3.8) is 0 Å². The lowest BCUT2D eigenvalue weighted by atomic mass is 10.1. The fourth-order valence-electron chi connectivity index (χ4n) is 3.27. The molecule has 9 nitrogen and oxygen atoms in total. The summed E-state index contributed by atoms with van der Waals surface area (Å²) >= 11 is 0. The molecule has 0 unspecified atom stereocenters. The maximum atomic E-state index is 13.7. The van der Waals surface area contributed by atoms with Crippen molar-refractivity contribution in [2.24, 2.45) is 0 Å². The van der Waals surface area contributed by atoms with Gasteiger partial charge in [0.2, 0.25) is 0 Å². The molecule has 0 fully saturated rings. The summed E-state index contributed by atoms with van der Waals surface area (Å²) in [5.41, 5.74) is 2.82. The van der Waals surface area contributed by atoms with Gasteiger partial charge >= 0.3 is 6.18 Å². The predicted molar refractivity (Wildman–Crippen MR) is 129 cm³/mol. The number of benzene rings is 1. The lowest BCUT2D eigenvalue weighted by Crippen LogP contribution is -2.07. The maximum absolute atomic E-state index is 13.7. The zero-order chi connectivity index (χ0) is 26.4. The third kappa shape index (κ3) is 5.83. The van der Waals surface area contributed by atoms with Crippen molar-refractivity contribution in [2.75, 3.05) is 17.7 Å². The number of carbonyl (C=O) groups is 1. The van der Waals surface area contributed by atoms with E-state index in [9.17, 15) is 22.4 Å². The van der Waals surface area contributed by atoms with E-state index >= 15 is 0 Å². The van der Waals surface area contributed by atoms with Crippen LogP contribution in [0.5, 0.6) is 0 Å². The van der Waals surface area contributed by atoms with Gasteiger partial charge in [-0.25, -0.2) is 24.3 Å². The van der Waals surface area contributed by atoms with E-state index in [2.05, 4.69) is 40.5 Å². The fourth-order valence-corrected chi connectivity index (χ4v) is 3.27. The minimum Gasteiger partial charge on any atom is -0.386 e. The van der Waals surface area contributed by atoms with Crippen molar-refractivity contribution in [1.82, 2.24) is 29.9 Å². The second-order valence-electron chi connectivity index (χ2n) is 7.38. The van der Waals surface area contributed by atoms with Crippen LogP contribution in [-0.2, 0) is 6.18 Å². The number of aldehydes is 1. The first-order chi connectivity index (χ1) is 17.8. The number of aromatic nitrogens is 6. The fraction of sp³-hybridized carbons (Fsp3) is 0.0833. The summed E-state index contributed by atoms with van der Waals surface area (Å²) in [6, 6.07) is 10.4. The van der Waals surface area contributed by atoms with Gasteiger partial charge in [-0.2, -0.15) is 13.2 Å². The van der Waals surface area contributed by atoms with Crippen molar-refractivity contribution in [3.05, 3.63) is 84.6 Å². The van der Waals surface area contributed by atoms with Crippen LogP contribution in [0.4, 0.5) is 34.8 Å². The first-order valence-electron chi connectivity index (χ1n) is 10.6. The third-order valence-corrected chi connectivity index (χ3v) is 4.99. The molecule has 4 heterocycles. The summed E-state index contributed by atoms with van der Waals surface area (Å²) in [4.78, 5) is 33.3. The number of nitrogens with zero attached hydrogens (tertiary/aromatic N) is 5. The quantitative estimate of drug-likeness (QED) is 0.217. The molecule has 0 amide bonds. The van der Waals surface area contributed by atoms with E-state index in [1.165, 1.54) is 18.5 Å². The molecular formula is C24H18F4N8O. The Morgan fingerprint density at radius 1 is 0.973 bits per heavy atom. The zero-order valence-electron chi connectivity index (χ0n) is 19.1. The lowest BCUT2D eigenvalue weighted by molar-refractivity contribution is -0.141. The molecule has 0 saturated heterocycles. The molecule has 0 aliphatic rings. The Kier molecular flexibility index (Phi) is 7.32. The van der Waals surface area contributed by atoms with E-state index in [-0.39, 0.29) is 11.4 Å². The number of aromatic amines is 1. The molecule has 0 atom stereocenters. The Morgan fingerprint density at radius 2 is 1.81 bits per heavy atom. The molecule has 0 aliphatic carbocycles. The van der Waals surface area contributed by atoms with Gasteiger partial charge in [0, 0.05) is 36.3 Å². The number of rotatable bonds is 5. The number of alkyl halides is 3. The van der Waals surface area contributed by atoms with Crippen molar-refractivity contribution in [1.29, 1.82) is 0 Å². The SMILES string of the molecule is CNc1cc(Nc2ncccc2-c2ncnc3nc[nH]c23)ccc1F.O=Cc1ccnc(C(F)(F)F)c1. The topological polar surface area (TPSA) is 121 Å². The second kappa shape index (κ2) is 10.8.